The lowest BCUT2D eigenvalue weighted by Gasteiger charge is -2.36. The van der Waals surface area contributed by atoms with Gasteiger partial charge in [0, 0.05) is 32.7 Å². The monoisotopic (exact) mass is 401 g/mol. The van der Waals surface area contributed by atoms with Crippen LogP contribution >= 0.6 is 0 Å². The number of benzene rings is 1. The van der Waals surface area contributed by atoms with Crippen LogP contribution in [0.3, 0.4) is 0 Å². The normalized spacial score (nSPS) is 18.5. The molecule has 0 unspecified atom stereocenters. The van der Waals surface area contributed by atoms with Gasteiger partial charge in [-0.3, -0.25) is 19.4 Å². The lowest BCUT2D eigenvalue weighted by molar-refractivity contribution is -0.138. The highest BCUT2D eigenvalue weighted by atomic mass is 16.5. The molecule has 7 heteroatoms. The maximum Gasteiger partial charge on any atom is 0.277 e. The quantitative estimate of drug-likeness (QED) is 0.658. The summed E-state index contributed by atoms with van der Waals surface area (Å²) in [4.78, 5) is 32.0. The molecule has 0 aliphatic carbocycles. The molecule has 1 saturated heterocycles. The number of ether oxygens (including phenoxy) is 1. The van der Waals surface area contributed by atoms with Gasteiger partial charge in [0.1, 0.15) is 5.70 Å². The molecule has 0 aromatic heterocycles. The van der Waals surface area contributed by atoms with Crippen LogP contribution in [0, 0.1) is 6.92 Å². The topological polar surface area (TPSA) is 73.3 Å². The van der Waals surface area contributed by atoms with Crippen LogP contribution < -0.4 is 0 Å². The van der Waals surface area contributed by atoms with Gasteiger partial charge in [-0.05, 0) is 26.3 Å². The van der Waals surface area contributed by atoms with Crippen molar-refractivity contribution in [1.29, 1.82) is 0 Å². The third kappa shape index (κ3) is 4.86. The van der Waals surface area contributed by atoms with E-state index in [9.17, 15) is 9.59 Å². The van der Waals surface area contributed by atoms with E-state index in [-0.39, 0.29) is 31.1 Å². The lowest BCUT2D eigenvalue weighted by atomic mass is 10.0. The summed E-state index contributed by atoms with van der Waals surface area (Å²) in [5, 5.41) is 9.16. The first-order valence-corrected chi connectivity index (χ1v) is 10.3. The molecule has 0 atom stereocenters. The molecule has 1 fully saturated rings. The van der Waals surface area contributed by atoms with Crippen molar-refractivity contribution in [2.24, 2.45) is 0 Å². The molecule has 0 radical (unpaired) electrons. The third-order valence-corrected chi connectivity index (χ3v) is 5.35. The average molecular weight is 402 g/mol. The van der Waals surface area contributed by atoms with Crippen LogP contribution in [0.2, 0.25) is 0 Å². The lowest BCUT2D eigenvalue weighted by Crippen LogP contribution is -2.48. The second-order valence-corrected chi connectivity index (χ2v) is 7.82. The van der Waals surface area contributed by atoms with Crippen molar-refractivity contribution in [2.45, 2.75) is 26.9 Å². The van der Waals surface area contributed by atoms with E-state index in [2.05, 4.69) is 4.90 Å². The largest absolute Gasteiger partial charge is 0.395 e. The van der Waals surface area contributed by atoms with Crippen LogP contribution in [0.25, 0.3) is 5.57 Å². The summed E-state index contributed by atoms with van der Waals surface area (Å²) in [5.41, 5.74) is 2.85. The molecular weight excluding hydrogens is 370 g/mol. The maximum absolute atomic E-state index is 13.2. The summed E-state index contributed by atoms with van der Waals surface area (Å²) < 4.78 is 5.57. The SMILES string of the molecule is Cc1ccc(C2=C(N3CCN(CCO)CC3)C(=O)N(CCOC(C)C)C2=O)cc1. The Morgan fingerprint density at radius 3 is 2.24 bits per heavy atom. The minimum Gasteiger partial charge on any atom is -0.395 e. The highest BCUT2D eigenvalue weighted by Gasteiger charge is 2.41. The molecule has 2 heterocycles. The molecule has 0 saturated carbocycles. The van der Waals surface area contributed by atoms with E-state index in [0.29, 0.717) is 37.5 Å². The van der Waals surface area contributed by atoms with Crippen LogP contribution in [0.1, 0.15) is 25.0 Å². The Hall–Kier alpha value is -2.22. The van der Waals surface area contributed by atoms with Crippen LogP contribution in [0.15, 0.2) is 30.0 Å². The van der Waals surface area contributed by atoms with Crippen LogP contribution in [-0.4, -0.2) is 90.2 Å². The van der Waals surface area contributed by atoms with E-state index >= 15 is 0 Å². The van der Waals surface area contributed by atoms with Crippen molar-refractivity contribution in [3.8, 4) is 0 Å². The fourth-order valence-electron chi connectivity index (χ4n) is 3.76. The summed E-state index contributed by atoms with van der Waals surface area (Å²) in [6.45, 7) is 10.00. The van der Waals surface area contributed by atoms with Crippen molar-refractivity contribution in [3.05, 3.63) is 41.1 Å². The van der Waals surface area contributed by atoms with Crippen molar-refractivity contribution < 1.29 is 19.4 Å². The molecule has 0 spiro atoms. The maximum atomic E-state index is 13.2. The number of carbonyl (C=O) groups excluding carboxylic acids is 2. The number of hydrogen-bond acceptors (Lipinski definition) is 6. The number of aliphatic hydroxyl groups is 1. The molecule has 1 aromatic carbocycles. The van der Waals surface area contributed by atoms with E-state index in [1.165, 1.54) is 4.90 Å². The van der Waals surface area contributed by atoms with Gasteiger partial charge in [-0.2, -0.15) is 0 Å². The van der Waals surface area contributed by atoms with Gasteiger partial charge in [-0.25, -0.2) is 0 Å². The van der Waals surface area contributed by atoms with Crippen LogP contribution in [0.4, 0.5) is 0 Å². The van der Waals surface area contributed by atoms with Gasteiger partial charge in [-0.1, -0.05) is 29.8 Å². The van der Waals surface area contributed by atoms with Gasteiger partial charge in [0.05, 0.1) is 31.4 Å². The molecule has 2 aliphatic rings. The number of piperazine rings is 1. The van der Waals surface area contributed by atoms with Gasteiger partial charge in [-0.15, -0.1) is 0 Å². The Balaban J connectivity index is 1.87. The molecule has 1 aromatic rings. The Morgan fingerprint density at radius 1 is 1.00 bits per heavy atom. The molecule has 2 aliphatic heterocycles. The van der Waals surface area contributed by atoms with Gasteiger partial charge in [0.2, 0.25) is 0 Å². The number of aliphatic hydroxyl groups excluding tert-OH is 1. The number of amides is 2. The van der Waals surface area contributed by atoms with E-state index in [1.807, 2.05) is 49.9 Å². The summed E-state index contributed by atoms with van der Waals surface area (Å²) in [6.07, 6.45) is 0.0476. The minimum absolute atomic E-state index is 0.0476. The zero-order chi connectivity index (χ0) is 21.0. The highest BCUT2D eigenvalue weighted by molar-refractivity contribution is 6.35. The van der Waals surface area contributed by atoms with E-state index in [1.54, 1.807) is 0 Å². The molecule has 158 valence electrons. The number of nitrogens with zero attached hydrogens (tertiary/aromatic N) is 3. The number of carbonyl (C=O) groups is 2. The van der Waals surface area contributed by atoms with Gasteiger partial charge < -0.3 is 14.7 Å². The van der Waals surface area contributed by atoms with Crippen molar-refractivity contribution in [1.82, 2.24) is 14.7 Å². The van der Waals surface area contributed by atoms with E-state index in [0.717, 1.165) is 24.2 Å². The summed E-state index contributed by atoms with van der Waals surface area (Å²) in [6, 6.07) is 7.74. The third-order valence-electron chi connectivity index (χ3n) is 5.35. The molecule has 29 heavy (non-hydrogen) atoms. The van der Waals surface area contributed by atoms with Crippen LogP contribution in [0.5, 0.6) is 0 Å². The standard InChI is InChI=1S/C22H31N3O4/c1-16(2)29-15-13-25-21(27)19(18-6-4-17(3)5-7-18)20(22(25)28)24-10-8-23(9-11-24)12-14-26/h4-7,16,26H,8-15H2,1-3H3. The van der Waals surface area contributed by atoms with Gasteiger partial charge in [0.25, 0.3) is 11.8 Å². The first-order valence-electron chi connectivity index (χ1n) is 10.3. The molecule has 0 bridgehead atoms. The van der Waals surface area contributed by atoms with Crippen molar-refractivity contribution >= 4 is 17.4 Å². The fraction of sp³-hybridized carbons (Fsp3) is 0.545. The van der Waals surface area contributed by atoms with Crippen LogP contribution in [-0.2, 0) is 14.3 Å². The Labute approximate surface area is 172 Å². The number of aryl methyl sites for hydroxylation is 1. The molecular formula is C22H31N3O4. The first-order chi connectivity index (χ1) is 13.9. The van der Waals surface area contributed by atoms with Gasteiger partial charge >= 0.3 is 0 Å². The Kier molecular flexibility index (Phi) is 7.05. The zero-order valence-corrected chi connectivity index (χ0v) is 17.6. The summed E-state index contributed by atoms with van der Waals surface area (Å²) in [7, 11) is 0. The summed E-state index contributed by atoms with van der Waals surface area (Å²) >= 11 is 0. The second-order valence-electron chi connectivity index (χ2n) is 7.82. The molecule has 3 rings (SSSR count). The molecule has 7 nitrogen and oxygen atoms in total. The smallest absolute Gasteiger partial charge is 0.277 e. The number of hydrogen-bond donors (Lipinski definition) is 1. The summed E-state index contributed by atoms with van der Waals surface area (Å²) in [5.74, 6) is -0.493. The predicted octanol–water partition coefficient (Wildman–Crippen LogP) is 1.11. The Bertz CT molecular complexity index is 765. The minimum atomic E-state index is -0.251. The first kappa shape index (κ1) is 21.5. The number of imide groups is 1. The second kappa shape index (κ2) is 9.52. The number of β-amino-alcohol motifs (C(OH)–C–C–N with tert-alkyl or cyclic N) is 1. The van der Waals surface area contributed by atoms with Gasteiger partial charge in [0.15, 0.2) is 0 Å². The average Bonchev–Trinajstić information content (AvgIpc) is 2.94. The van der Waals surface area contributed by atoms with Crippen molar-refractivity contribution in [2.75, 3.05) is 52.5 Å². The zero-order valence-electron chi connectivity index (χ0n) is 17.6. The molecule has 2 amide bonds. The number of rotatable bonds is 8. The van der Waals surface area contributed by atoms with Crippen molar-refractivity contribution in [3.63, 3.8) is 0 Å². The molecule has 1 N–H and O–H groups in total. The predicted molar refractivity (Wildman–Crippen MR) is 111 cm³/mol. The van der Waals surface area contributed by atoms with E-state index in [4.69, 9.17) is 9.84 Å². The fourth-order valence-corrected chi connectivity index (χ4v) is 3.76. The Morgan fingerprint density at radius 2 is 1.66 bits per heavy atom. The van der Waals surface area contributed by atoms with E-state index < -0.39 is 0 Å². The highest BCUT2D eigenvalue weighted by Crippen LogP contribution is 2.32.